The molecule has 21 heavy (non-hydrogen) atoms. The molecule has 0 radical (unpaired) electrons. The molecule has 7 heteroatoms. The van der Waals surface area contributed by atoms with Crippen molar-refractivity contribution in [1.82, 2.24) is 9.88 Å². The summed E-state index contributed by atoms with van der Waals surface area (Å²) in [5.74, 6) is -0.286. The molecule has 2 atom stereocenters. The topological polar surface area (TPSA) is 103 Å². The number of carboxylic acids is 1. The molecular weight excluding hydrogens is 292 g/mol. The van der Waals surface area contributed by atoms with Gasteiger partial charge in [-0.1, -0.05) is 6.07 Å². The summed E-state index contributed by atoms with van der Waals surface area (Å²) in [7, 11) is 0. The van der Waals surface area contributed by atoms with Gasteiger partial charge >= 0.3 is 5.97 Å². The minimum absolute atomic E-state index is 0. The highest BCUT2D eigenvalue weighted by Crippen LogP contribution is 2.34. The van der Waals surface area contributed by atoms with Gasteiger partial charge in [-0.25, -0.2) is 0 Å². The average molecular weight is 313 g/mol. The van der Waals surface area contributed by atoms with Gasteiger partial charge in [0.05, 0.1) is 0 Å². The van der Waals surface area contributed by atoms with Crippen molar-refractivity contribution in [3.63, 3.8) is 0 Å². The van der Waals surface area contributed by atoms with Crippen molar-refractivity contribution in [3.8, 4) is 0 Å². The fourth-order valence-corrected chi connectivity index (χ4v) is 2.80. The third kappa shape index (κ3) is 4.60. The quantitative estimate of drug-likeness (QED) is 0.579. The van der Waals surface area contributed by atoms with Gasteiger partial charge < -0.3 is 15.7 Å². The zero-order chi connectivity index (χ0) is 14.5. The van der Waals surface area contributed by atoms with Crippen LogP contribution in [0.15, 0.2) is 24.4 Å². The van der Waals surface area contributed by atoms with Crippen LogP contribution in [0.1, 0.15) is 30.9 Å². The minimum atomic E-state index is -0.765. The maximum atomic E-state index is 10.8. The molecule has 0 spiro atoms. The number of piperidine rings is 1. The van der Waals surface area contributed by atoms with Crippen LogP contribution in [0, 0.1) is 11.3 Å². The highest BCUT2D eigenvalue weighted by Gasteiger charge is 2.31. The van der Waals surface area contributed by atoms with Crippen LogP contribution in [0.25, 0.3) is 0 Å². The SMILES string of the molecule is Cl.N=C(N)N1CCC(CCC(=O)O)C(c2ccccn2)C1. The molecule has 0 saturated carbocycles. The first-order chi connectivity index (χ1) is 9.58. The standard InChI is InChI=1S/C14H20N4O2.ClH/c15-14(16)18-8-6-10(4-5-13(19)20)11(9-18)12-3-1-2-7-17-12;/h1-3,7,10-11H,4-6,8-9H2,(H3,15,16)(H,19,20);1H. The van der Waals surface area contributed by atoms with E-state index in [-0.39, 0.29) is 36.6 Å². The number of carboxylic acid groups (broad SMARTS) is 1. The Bertz CT molecular complexity index is 483. The molecule has 1 aromatic rings. The molecule has 2 heterocycles. The van der Waals surface area contributed by atoms with Gasteiger partial charge in [0, 0.05) is 37.3 Å². The smallest absolute Gasteiger partial charge is 0.303 e. The lowest BCUT2D eigenvalue weighted by Gasteiger charge is -2.38. The Balaban J connectivity index is 0.00000220. The van der Waals surface area contributed by atoms with Crippen LogP contribution in [0.2, 0.25) is 0 Å². The van der Waals surface area contributed by atoms with Gasteiger partial charge in [0.15, 0.2) is 5.96 Å². The van der Waals surface area contributed by atoms with E-state index in [0.717, 1.165) is 12.1 Å². The summed E-state index contributed by atoms with van der Waals surface area (Å²) in [6.45, 7) is 1.35. The Hall–Kier alpha value is -1.82. The van der Waals surface area contributed by atoms with E-state index in [1.807, 2.05) is 23.1 Å². The lowest BCUT2D eigenvalue weighted by molar-refractivity contribution is -0.137. The molecule has 1 fully saturated rings. The number of carbonyl (C=O) groups is 1. The third-order valence-corrected chi connectivity index (χ3v) is 3.89. The molecule has 0 amide bonds. The van der Waals surface area contributed by atoms with Gasteiger partial charge in [0.2, 0.25) is 0 Å². The zero-order valence-corrected chi connectivity index (χ0v) is 12.6. The second-order valence-corrected chi connectivity index (χ2v) is 5.17. The summed E-state index contributed by atoms with van der Waals surface area (Å²) in [5, 5.41) is 16.4. The largest absolute Gasteiger partial charge is 0.481 e. The first kappa shape index (κ1) is 17.2. The molecule has 6 nitrogen and oxygen atoms in total. The number of nitrogens with one attached hydrogen (secondary N) is 1. The van der Waals surface area contributed by atoms with Gasteiger partial charge in [0.1, 0.15) is 0 Å². The summed E-state index contributed by atoms with van der Waals surface area (Å²) in [6, 6.07) is 5.76. The maximum absolute atomic E-state index is 10.8. The molecule has 1 saturated heterocycles. The van der Waals surface area contributed by atoms with Crippen LogP contribution >= 0.6 is 12.4 Å². The van der Waals surface area contributed by atoms with Gasteiger partial charge in [-0.15, -0.1) is 12.4 Å². The van der Waals surface area contributed by atoms with E-state index in [0.29, 0.717) is 19.5 Å². The normalized spacial score (nSPS) is 21.4. The number of pyridine rings is 1. The van der Waals surface area contributed by atoms with Crippen molar-refractivity contribution in [2.75, 3.05) is 13.1 Å². The van der Waals surface area contributed by atoms with Crippen molar-refractivity contribution < 1.29 is 9.90 Å². The Kier molecular flexibility index (Phi) is 6.42. The number of hydrogen-bond donors (Lipinski definition) is 3. The van der Waals surface area contributed by atoms with Crippen LogP contribution in [0.4, 0.5) is 0 Å². The Morgan fingerprint density at radius 3 is 2.86 bits per heavy atom. The van der Waals surface area contributed by atoms with Gasteiger partial charge in [-0.2, -0.15) is 0 Å². The predicted molar refractivity (Wildman–Crippen MR) is 82.7 cm³/mol. The Morgan fingerprint density at radius 1 is 1.52 bits per heavy atom. The number of aromatic nitrogens is 1. The molecule has 0 aromatic carbocycles. The number of rotatable bonds is 4. The summed E-state index contributed by atoms with van der Waals surface area (Å²) in [5.41, 5.74) is 6.52. The number of halogens is 1. The molecule has 1 aromatic heterocycles. The Morgan fingerprint density at radius 2 is 2.29 bits per heavy atom. The van der Waals surface area contributed by atoms with Crippen molar-refractivity contribution >= 4 is 24.3 Å². The van der Waals surface area contributed by atoms with E-state index in [1.165, 1.54) is 0 Å². The monoisotopic (exact) mass is 312 g/mol. The molecule has 116 valence electrons. The maximum Gasteiger partial charge on any atom is 0.303 e. The first-order valence-electron chi connectivity index (χ1n) is 6.79. The second kappa shape index (κ2) is 7.83. The van der Waals surface area contributed by atoms with Gasteiger partial charge in [0.25, 0.3) is 0 Å². The highest BCUT2D eigenvalue weighted by molar-refractivity contribution is 5.85. The zero-order valence-electron chi connectivity index (χ0n) is 11.7. The first-order valence-corrected chi connectivity index (χ1v) is 6.79. The van der Waals surface area contributed by atoms with Crippen LogP contribution in [-0.4, -0.2) is 40.0 Å². The lowest BCUT2D eigenvalue weighted by atomic mass is 9.80. The van der Waals surface area contributed by atoms with E-state index in [2.05, 4.69) is 4.98 Å². The number of nitrogens with two attached hydrogens (primary N) is 1. The van der Waals surface area contributed by atoms with Crippen molar-refractivity contribution in [2.45, 2.75) is 25.2 Å². The Labute approximate surface area is 130 Å². The number of aliphatic carboxylic acids is 1. The molecule has 0 aliphatic carbocycles. The van der Waals surface area contributed by atoms with Crippen molar-refractivity contribution in [2.24, 2.45) is 11.7 Å². The molecule has 0 bridgehead atoms. The summed E-state index contributed by atoms with van der Waals surface area (Å²) in [4.78, 5) is 17.0. The van der Waals surface area contributed by atoms with Gasteiger partial charge in [-0.05, 0) is 30.9 Å². The van der Waals surface area contributed by atoms with Crippen LogP contribution in [0.3, 0.4) is 0 Å². The summed E-state index contributed by atoms with van der Waals surface area (Å²) in [6.07, 6.45) is 3.40. The molecule has 2 unspecified atom stereocenters. The van der Waals surface area contributed by atoms with Crippen molar-refractivity contribution in [1.29, 1.82) is 5.41 Å². The van der Waals surface area contributed by atoms with E-state index >= 15 is 0 Å². The molecule has 1 aliphatic heterocycles. The van der Waals surface area contributed by atoms with E-state index < -0.39 is 5.97 Å². The minimum Gasteiger partial charge on any atom is -0.481 e. The number of nitrogens with zero attached hydrogens (tertiary/aromatic N) is 2. The lowest BCUT2D eigenvalue weighted by Crippen LogP contribution is -2.46. The number of guanidine groups is 1. The highest BCUT2D eigenvalue weighted by atomic mass is 35.5. The molecule has 2 rings (SSSR count). The third-order valence-electron chi connectivity index (χ3n) is 3.89. The van der Waals surface area contributed by atoms with E-state index in [1.54, 1.807) is 6.20 Å². The summed E-state index contributed by atoms with van der Waals surface area (Å²) < 4.78 is 0. The fourth-order valence-electron chi connectivity index (χ4n) is 2.80. The fraction of sp³-hybridized carbons (Fsp3) is 0.500. The number of likely N-dealkylation sites (tertiary alicyclic amines) is 1. The molecular formula is C14H21ClN4O2. The number of hydrogen-bond acceptors (Lipinski definition) is 3. The second-order valence-electron chi connectivity index (χ2n) is 5.17. The average Bonchev–Trinajstić information content (AvgIpc) is 2.45. The molecule has 1 aliphatic rings. The molecule has 4 N–H and O–H groups in total. The van der Waals surface area contributed by atoms with Crippen LogP contribution in [-0.2, 0) is 4.79 Å². The van der Waals surface area contributed by atoms with Crippen LogP contribution in [0.5, 0.6) is 0 Å². The predicted octanol–water partition coefficient (Wildman–Crippen LogP) is 1.67. The van der Waals surface area contributed by atoms with Gasteiger partial charge in [-0.3, -0.25) is 15.2 Å². The van der Waals surface area contributed by atoms with E-state index in [9.17, 15) is 4.79 Å². The van der Waals surface area contributed by atoms with E-state index in [4.69, 9.17) is 16.2 Å². The van der Waals surface area contributed by atoms with Crippen molar-refractivity contribution in [3.05, 3.63) is 30.1 Å². The summed E-state index contributed by atoms with van der Waals surface area (Å²) >= 11 is 0. The van der Waals surface area contributed by atoms with Crippen LogP contribution < -0.4 is 5.73 Å².